The number of nitrogens with zero attached hydrogens (tertiary/aromatic N) is 3. The summed E-state index contributed by atoms with van der Waals surface area (Å²) in [5, 5.41) is 5.49. The van der Waals surface area contributed by atoms with Crippen LogP contribution in [0.15, 0.2) is 30.6 Å². The first-order valence-corrected chi connectivity index (χ1v) is 9.76. The maximum Gasteiger partial charge on any atom is 0.417 e. The first-order valence-electron chi connectivity index (χ1n) is 9.76. The summed E-state index contributed by atoms with van der Waals surface area (Å²) in [5.41, 5.74) is -0.849. The number of carbonyl (C=O) groups is 2. The SMILES string of the molecule is O=C(NC1CCN(c2ncc(C(F)(F)F)cc2F)C1)c1ccnc(NC(=O)C2CC2)c1. The summed E-state index contributed by atoms with van der Waals surface area (Å²) in [5.74, 6) is -1.47. The van der Waals surface area contributed by atoms with Gasteiger partial charge in [0.15, 0.2) is 11.6 Å². The Kier molecular flexibility index (Phi) is 5.50. The second-order valence-corrected chi connectivity index (χ2v) is 7.63. The van der Waals surface area contributed by atoms with Gasteiger partial charge >= 0.3 is 6.18 Å². The van der Waals surface area contributed by atoms with Crippen LogP contribution in [-0.4, -0.2) is 40.9 Å². The highest BCUT2D eigenvalue weighted by atomic mass is 19.4. The fraction of sp³-hybridized carbons (Fsp3) is 0.400. The van der Waals surface area contributed by atoms with Gasteiger partial charge in [-0.15, -0.1) is 0 Å². The minimum Gasteiger partial charge on any atom is -0.352 e. The Bertz CT molecular complexity index is 1010. The quantitative estimate of drug-likeness (QED) is 0.703. The van der Waals surface area contributed by atoms with E-state index in [1.54, 1.807) is 0 Å². The fourth-order valence-corrected chi connectivity index (χ4v) is 3.37. The summed E-state index contributed by atoms with van der Waals surface area (Å²) >= 11 is 0. The van der Waals surface area contributed by atoms with Crippen LogP contribution >= 0.6 is 0 Å². The smallest absolute Gasteiger partial charge is 0.352 e. The van der Waals surface area contributed by atoms with Crippen molar-refractivity contribution in [1.29, 1.82) is 0 Å². The number of amides is 2. The van der Waals surface area contributed by atoms with Crippen molar-refractivity contribution in [3.8, 4) is 0 Å². The number of hydrogen-bond acceptors (Lipinski definition) is 5. The molecule has 2 N–H and O–H groups in total. The molecule has 2 fully saturated rings. The number of carbonyl (C=O) groups excluding carboxylic acids is 2. The van der Waals surface area contributed by atoms with Crippen LogP contribution in [0.25, 0.3) is 0 Å². The van der Waals surface area contributed by atoms with Crippen LogP contribution in [0.5, 0.6) is 0 Å². The molecule has 31 heavy (non-hydrogen) atoms. The van der Waals surface area contributed by atoms with Crippen LogP contribution < -0.4 is 15.5 Å². The highest BCUT2D eigenvalue weighted by Crippen LogP contribution is 2.32. The van der Waals surface area contributed by atoms with Gasteiger partial charge in [0.2, 0.25) is 5.91 Å². The Morgan fingerprint density at radius 2 is 1.90 bits per heavy atom. The molecule has 1 aliphatic carbocycles. The van der Waals surface area contributed by atoms with E-state index in [9.17, 15) is 27.2 Å². The fourth-order valence-electron chi connectivity index (χ4n) is 3.37. The van der Waals surface area contributed by atoms with Crippen molar-refractivity contribution in [3.63, 3.8) is 0 Å². The predicted octanol–water partition coefficient (Wildman–Crippen LogP) is 2.99. The van der Waals surface area contributed by atoms with Gasteiger partial charge in [-0.3, -0.25) is 9.59 Å². The van der Waals surface area contributed by atoms with Crippen LogP contribution in [0.4, 0.5) is 29.2 Å². The van der Waals surface area contributed by atoms with Crippen molar-refractivity contribution in [1.82, 2.24) is 15.3 Å². The summed E-state index contributed by atoms with van der Waals surface area (Å²) in [6, 6.07) is 3.06. The number of nitrogens with one attached hydrogen (secondary N) is 2. The van der Waals surface area contributed by atoms with Gasteiger partial charge in [-0.1, -0.05) is 0 Å². The van der Waals surface area contributed by atoms with E-state index in [4.69, 9.17) is 0 Å². The first kappa shape index (κ1) is 21.0. The molecule has 4 rings (SSSR count). The van der Waals surface area contributed by atoms with Crippen LogP contribution in [0, 0.1) is 11.7 Å². The number of hydrogen-bond donors (Lipinski definition) is 2. The van der Waals surface area contributed by atoms with Crippen molar-refractivity contribution in [2.45, 2.75) is 31.5 Å². The van der Waals surface area contributed by atoms with Gasteiger partial charge in [0.1, 0.15) is 5.82 Å². The number of halogens is 4. The highest BCUT2D eigenvalue weighted by molar-refractivity contribution is 5.97. The molecule has 3 heterocycles. The lowest BCUT2D eigenvalue weighted by Gasteiger charge is -2.19. The normalized spacial score (nSPS) is 18.7. The minimum absolute atomic E-state index is 0.00274. The van der Waals surface area contributed by atoms with Crippen molar-refractivity contribution in [2.75, 3.05) is 23.3 Å². The molecule has 164 valence electrons. The highest BCUT2D eigenvalue weighted by Gasteiger charge is 2.34. The Balaban J connectivity index is 1.37. The Labute approximate surface area is 174 Å². The maximum atomic E-state index is 14.2. The van der Waals surface area contributed by atoms with E-state index in [0.717, 1.165) is 12.8 Å². The van der Waals surface area contributed by atoms with Gasteiger partial charge in [0.05, 0.1) is 5.56 Å². The molecule has 7 nitrogen and oxygen atoms in total. The predicted molar refractivity (Wildman–Crippen MR) is 103 cm³/mol. The lowest BCUT2D eigenvalue weighted by Crippen LogP contribution is -2.37. The molecule has 0 aromatic carbocycles. The second-order valence-electron chi connectivity index (χ2n) is 7.63. The van der Waals surface area contributed by atoms with Gasteiger partial charge in [-0.25, -0.2) is 14.4 Å². The largest absolute Gasteiger partial charge is 0.417 e. The molecule has 1 unspecified atom stereocenters. The zero-order valence-electron chi connectivity index (χ0n) is 16.2. The van der Waals surface area contributed by atoms with Crippen molar-refractivity contribution in [2.24, 2.45) is 5.92 Å². The van der Waals surface area contributed by atoms with E-state index in [1.807, 2.05) is 0 Å². The number of rotatable bonds is 5. The lowest BCUT2D eigenvalue weighted by atomic mass is 10.2. The molecule has 1 atom stereocenters. The Hall–Kier alpha value is -3.24. The summed E-state index contributed by atoms with van der Waals surface area (Å²) in [6.45, 7) is 0.538. The van der Waals surface area contributed by atoms with Crippen LogP contribution in [-0.2, 0) is 11.0 Å². The third-order valence-corrected chi connectivity index (χ3v) is 5.19. The third kappa shape index (κ3) is 4.92. The van der Waals surface area contributed by atoms with Gasteiger partial charge < -0.3 is 15.5 Å². The minimum atomic E-state index is -4.67. The van der Waals surface area contributed by atoms with Crippen molar-refractivity contribution < 1.29 is 27.2 Å². The third-order valence-electron chi connectivity index (χ3n) is 5.19. The molecule has 11 heteroatoms. The molecule has 1 saturated carbocycles. The Morgan fingerprint density at radius 3 is 2.58 bits per heavy atom. The molecular formula is C20H19F4N5O2. The topological polar surface area (TPSA) is 87.2 Å². The van der Waals surface area contributed by atoms with E-state index in [1.165, 1.54) is 23.2 Å². The van der Waals surface area contributed by atoms with Crippen LogP contribution in [0.3, 0.4) is 0 Å². The summed E-state index contributed by atoms with van der Waals surface area (Å²) in [6.07, 6.45) is -0.491. The molecule has 2 aromatic heterocycles. The monoisotopic (exact) mass is 437 g/mol. The van der Waals surface area contributed by atoms with Gasteiger partial charge in [-0.2, -0.15) is 13.2 Å². The zero-order valence-corrected chi connectivity index (χ0v) is 16.2. The Morgan fingerprint density at radius 1 is 1.13 bits per heavy atom. The molecule has 1 aliphatic heterocycles. The lowest BCUT2D eigenvalue weighted by molar-refractivity contribution is -0.138. The average Bonchev–Trinajstić information content (AvgIpc) is 3.47. The molecular weight excluding hydrogens is 418 g/mol. The van der Waals surface area contributed by atoms with Crippen molar-refractivity contribution in [3.05, 3.63) is 47.5 Å². The summed E-state index contributed by atoms with van der Waals surface area (Å²) in [4.78, 5) is 33.6. The number of aromatic nitrogens is 2. The molecule has 2 aromatic rings. The molecule has 2 aliphatic rings. The van der Waals surface area contributed by atoms with Gasteiger partial charge in [0.25, 0.3) is 5.91 Å². The van der Waals surface area contributed by atoms with E-state index in [2.05, 4.69) is 20.6 Å². The summed E-state index contributed by atoms with van der Waals surface area (Å²) < 4.78 is 52.2. The van der Waals surface area contributed by atoms with Gasteiger partial charge in [-0.05, 0) is 37.5 Å². The van der Waals surface area contributed by atoms with Crippen LogP contribution in [0.1, 0.15) is 35.2 Å². The van der Waals surface area contributed by atoms with E-state index < -0.39 is 23.5 Å². The summed E-state index contributed by atoms with van der Waals surface area (Å²) in [7, 11) is 0. The second kappa shape index (κ2) is 8.12. The standard InChI is InChI=1S/C20H19F4N5O2/c21-15-8-13(20(22,23)24)9-26-17(15)29-6-4-14(10-29)27-19(31)12-3-5-25-16(7-12)28-18(30)11-1-2-11/h3,5,7-9,11,14H,1-2,4,6,10H2,(H,27,31)(H,25,28,30). The van der Waals surface area contributed by atoms with Gasteiger partial charge in [0, 0.05) is 43.0 Å². The van der Waals surface area contributed by atoms with E-state index in [-0.39, 0.29) is 36.0 Å². The average molecular weight is 437 g/mol. The number of anilines is 2. The van der Waals surface area contributed by atoms with Crippen LogP contribution in [0.2, 0.25) is 0 Å². The molecule has 1 saturated heterocycles. The zero-order chi connectivity index (χ0) is 22.2. The van der Waals surface area contributed by atoms with E-state index in [0.29, 0.717) is 30.8 Å². The number of alkyl halides is 3. The van der Waals surface area contributed by atoms with E-state index >= 15 is 0 Å². The molecule has 0 radical (unpaired) electrons. The molecule has 0 bridgehead atoms. The maximum absolute atomic E-state index is 14.2. The molecule has 2 amide bonds. The van der Waals surface area contributed by atoms with Crippen molar-refractivity contribution >= 4 is 23.5 Å². The number of pyridine rings is 2. The molecule has 0 spiro atoms. The first-order chi connectivity index (χ1) is 14.7.